The third kappa shape index (κ3) is 3.88. The van der Waals surface area contributed by atoms with Crippen molar-refractivity contribution in [3.8, 4) is 0 Å². The summed E-state index contributed by atoms with van der Waals surface area (Å²) in [6.07, 6.45) is 3.00. The maximum Gasteiger partial charge on any atom is 0.354 e. The smallest absolute Gasteiger partial charge is 0.322 e. The van der Waals surface area contributed by atoms with Gasteiger partial charge in [-0.1, -0.05) is 13.8 Å². The number of carbonyl (C=O) groups is 1. The molecule has 0 aliphatic carbocycles. The van der Waals surface area contributed by atoms with E-state index in [1.54, 1.807) is 4.90 Å². The first kappa shape index (κ1) is 10.8. The maximum absolute atomic E-state index is 11.0. The second-order valence-electron chi connectivity index (χ2n) is 2.47. The molecule has 68 valence electrons. The number of hydrogen-bond donors (Lipinski definition) is 0. The van der Waals surface area contributed by atoms with Crippen LogP contribution in [0.25, 0.3) is 0 Å². The Hall–Kier alpha value is -1.15. The first-order valence-electron chi connectivity index (χ1n) is 4.13. The van der Waals surface area contributed by atoms with Gasteiger partial charge in [-0.15, -0.1) is 4.99 Å². The number of aliphatic imine (C=N–C) groups is 1. The van der Waals surface area contributed by atoms with Crippen molar-refractivity contribution >= 4 is 12.1 Å². The molecule has 0 aliphatic heterocycles. The predicted molar refractivity (Wildman–Crippen MR) is 45.7 cm³/mol. The molecule has 0 heterocycles. The van der Waals surface area contributed by atoms with Gasteiger partial charge in [0.1, 0.15) is 0 Å². The molecular weight excluding hydrogens is 156 g/mol. The van der Waals surface area contributed by atoms with E-state index in [4.69, 9.17) is 0 Å². The van der Waals surface area contributed by atoms with Gasteiger partial charge in [0.05, 0.1) is 0 Å². The summed E-state index contributed by atoms with van der Waals surface area (Å²) >= 11 is 0. The summed E-state index contributed by atoms with van der Waals surface area (Å²) in [5, 5.41) is 0. The Morgan fingerprint density at radius 3 is 2.17 bits per heavy atom. The fourth-order valence-electron chi connectivity index (χ4n) is 0.953. The summed E-state index contributed by atoms with van der Waals surface area (Å²) < 4.78 is 0. The first-order valence-corrected chi connectivity index (χ1v) is 4.13. The quantitative estimate of drug-likeness (QED) is 0.475. The molecule has 12 heavy (non-hydrogen) atoms. The van der Waals surface area contributed by atoms with Gasteiger partial charge >= 0.3 is 6.03 Å². The summed E-state index contributed by atoms with van der Waals surface area (Å²) in [6, 6.07) is -0.478. The molecule has 0 N–H and O–H groups in total. The molecule has 0 rings (SSSR count). The summed E-state index contributed by atoms with van der Waals surface area (Å²) in [6.45, 7) is 5.25. The van der Waals surface area contributed by atoms with Gasteiger partial charge in [0, 0.05) is 13.1 Å². The molecule has 0 spiro atoms. The number of rotatable bonds is 4. The Morgan fingerprint density at radius 1 is 1.33 bits per heavy atom. The molecule has 0 aromatic heterocycles. The van der Waals surface area contributed by atoms with Crippen molar-refractivity contribution in [2.24, 2.45) is 4.99 Å². The highest BCUT2D eigenvalue weighted by Crippen LogP contribution is 1.96. The first-order chi connectivity index (χ1) is 5.76. The maximum atomic E-state index is 11.0. The molecule has 0 aromatic rings. The monoisotopic (exact) mass is 170 g/mol. The predicted octanol–water partition coefficient (Wildman–Crippen LogP) is 1.56. The topological polar surface area (TPSA) is 49.7 Å². The van der Waals surface area contributed by atoms with E-state index in [0.29, 0.717) is 13.1 Å². The van der Waals surface area contributed by atoms with E-state index in [1.165, 1.54) is 6.08 Å². The normalized spacial score (nSPS) is 8.83. The molecule has 0 aliphatic rings. The Balaban J connectivity index is 4.07. The molecule has 0 aromatic carbocycles. The second kappa shape index (κ2) is 6.55. The van der Waals surface area contributed by atoms with E-state index in [-0.39, 0.29) is 0 Å². The van der Waals surface area contributed by atoms with Crippen molar-refractivity contribution in [3.05, 3.63) is 0 Å². The Labute approximate surface area is 72.3 Å². The minimum atomic E-state index is -0.478. The lowest BCUT2D eigenvalue weighted by Gasteiger charge is -2.17. The molecule has 0 bridgehead atoms. The van der Waals surface area contributed by atoms with Crippen LogP contribution in [0.2, 0.25) is 0 Å². The van der Waals surface area contributed by atoms with Crippen LogP contribution in [0.4, 0.5) is 4.79 Å². The van der Waals surface area contributed by atoms with Gasteiger partial charge in [0.2, 0.25) is 6.08 Å². The molecule has 4 nitrogen and oxygen atoms in total. The zero-order valence-corrected chi connectivity index (χ0v) is 7.54. The van der Waals surface area contributed by atoms with Crippen molar-refractivity contribution < 1.29 is 9.59 Å². The standard InChI is InChI=1S/C8H14N2O2/c1-3-5-10(6-4-2)8(12)9-7-11/h3-6H2,1-2H3. The van der Waals surface area contributed by atoms with E-state index in [2.05, 4.69) is 4.99 Å². The van der Waals surface area contributed by atoms with Crippen molar-refractivity contribution in [2.45, 2.75) is 26.7 Å². The van der Waals surface area contributed by atoms with Gasteiger partial charge in [-0.25, -0.2) is 9.59 Å². The van der Waals surface area contributed by atoms with Gasteiger partial charge in [-0.3, -0.25) is 0 Å². The Morgan fingerprint density at radius 2 is 1.83 bits per heavy atom. The van der Waals surface area contributed by atoms with Gasteiger partial charge in [-0.05, 0) is 12.8 Å². The van der Waals surface area contributed by atoms with E-state index in [0.717, 1.165) is 12.8 Å². The number of isocyanates is 1. The zero-order chi connectivity index (χ0) is 9.40. The highest BCUT2D eigenvalue weighted by Gasteiger charge is 2.08. The van der Waals surface area contributed by atoms with Crippen LogP contribution in [0.5, 0.6) is 0 Å². The number of nitrogens with zero attached hydrogens (tertiary/aromatic N) is 2. The molecule has 0 unspecified atom stereocenters. The van der Waals surface area contributed by atoms with Crippen LogP contribution in [0.1, 0.15) is 26.7 Å². The van der Waals surface area contributed by atoms with E-state index >= 15 is 0 Å². The largest absolute Gasteiger partial charge is 0.354 e. The molecule has 0 saturated carbocycles. The van der Waals surface area contributed by atoms with E-state index in [9.17, 15) is 9.59 Å². The van der Waals surface area contributed by atoms with Crippen molar-refractivity contribution in [3.63, 3.8) is 0 Å². The fourth-order valence-corrected chi connectivity index (χ4v) is 0.953. The lowest BCUT2D eigenvalue weighted by molar-refractivity contribution is 0.208. The summed E-state index contributed by atoms with van der Waals surface area (Å²) in [5.74, 6) is 0. The lowest BCUT2D eigenvalue weighted by Crippen LogP contribution is -2.29. The van der Waals surface area contributed by atoms with Crippen LogP contribution < -0.4 is 0 Å². The SMILES string of the molecule is CCCN(CCC)C(=O)N=C=O. The molecule has 0 atom stereocenters. The molecule has 4 heteroatoms. The molecule has 0 radical (unpaired) electrons. The summed E-state index contributed by atoms with van der Waals surface area (Å²) in [7, 11) is 0. The molecule has 0 saturated heterocycles. The molecule has 0 fully saturated rings. The van der Waals surface area contributed by atoms with Crippen molar-refractivity contribution in [2.75, 3.05) is 13.1 Å². The van der Waals surface area contributed by atoms with Crippen LogP contribution in [0.15, 0.2) is 4.99 Å². The number of urea groups is 1. The lowest BCUT2D eigenvalue weighted by atomic mass is 10.4. The third-order valence-corrected chi connectivity index (χ3v) is 1.40. The highest BCUT2D eigenvalue weighted by molar-refractivity contribution is 5.79. The Kier molecular flexibility index (Phi) is 5.93. The van der Waals surface area contributed by atoms with Crippen LogP contribution >= 0.6 is 0 Å². The summed E-state index contributed by atoms with van der Waals surface area (Å²) in [5.41, 5.74) is 0. The van der Waals surface area contributed by atoms with Crippen LogP contribution in [-0.2, 0) is 4.79 Å². The highest BCUT2D eigenvalue weighted by atomic mass is 16.2. The van der Waals surface area contributed by atoms with Gasteiger partial charge < -0.3 is 4.90 Å². The average molecular weight is 170 g/mol. The fraction of sp³-hybridized carbons (Fsp3) is 0.750. The minimum absolute atomic E-state index is 0.478. The van der Waals surface area contributed by atoms with Crippen molar-refractivity contribution in [1.82, 2.24) is 4.90 Å². The number of carbonyl (C=O) groups excluding carboxylic acids is 2. The third-order valence-electron chi connectivity index (χ3n) is 1.40. The molecular formula is C8H14N2O2. The van der Waals surface area contributed by atoms with Crippen LogP contribution in [-0.4, -0.2) is 30.1 Å². The van der Waals surface area contributed by atoms with Crippen LogP contribution in [0, 0.1) is 0 Å². The average Bonchev–Trinajstić information content (AvgIpc) is 2.04. The number of amides is 2. The second-order valence-corrected chi connectivity index (χ2v) is 2.47. The van der Waals surface area contributed by atoms with Crippen molar-refractivity contribution in [1.29, 1.82) is 0 Å². The number of hydrogen-bond acceptors (Lipinski definition) is 2. The van der Waals surface area contributed by atoms with E-state index < -0.39 is 6.03 Å². The van der Waals surface area contributed by atoms with Gasteiger partial charge in [0.15, 0.2) is 0 Å². The Bertz CT molecular complexity index is 179. The summed E-state index contributed by atoms with van der Waals surface area (Å²) in [4.78, 5) is 25.4. The zero-order valence-electron chi connectivity index (χ0n) is 7.54. The molecule has 2 amide bonds. The van der Waals surface area contributed by atoms with Crippen LogP contribution in [0.3, 0.4) is 0 Å². The van der Waals surface area contributed by atoms with E-state index in [1.807, 2.05) is 13.8 Å². The van der Waals surface area contributed by atoms with Gasteiger partial charge in [0.25, 0.3) is 0 Å². The van der Waals surface area contributed by atoms with Gasteiger partial charge in [-0.2, -0.15) is 0 Å². The minimum Gasteiger partial charge on any atom is -0.322 e.